The molecule has 1 aromatic heterocycles. The molecule has 0 atom stereocenters. The summed E-state index contributed by atoms with van der Waals surface area (Å²) in [6.07, 6.45) is 8.55. The molecule has 0 saturated carbocycles. The molecule has 0 aliphatic heterocycles. The fraction of sp³-hybridized carbons (Fsp3) is 0.346. The third-order valence-electron chi connectivity index (χ3n) is 5.02. The number of benzene rings is 2. The Labute approximate surface area is 169 Å². The molecule has 28 heavy (non-hydrogen) atoms. The summed E-state index contributed by atoms with van der Waals surface area (Å²) in [7, 11) is 0. The first-order valence-corrected chi connectivity index (χ1v) is 10.5. The summed E-state index contributed by atoms with van der Waals surface area (Å²) in [5, 5.41) is 0. The van der Waals surface area contributed by atoms with E-state index in [1.165, 1.54) is 29.5 Å². The van der Waals surface area contributed by atoms with Gasteiger partial charge in [-0.2, -0.15) is 0 Å². The van der Waals surface area contributed by atoms with Crippen LogP contribution in [0.1, 0.15) is 49.8 Å². The largest absolute Gasteiger partial charge is 0.492 e. The van der Waals surface area contributed by atoms with Gasteiger partial charge in [0, 0.05) is 5.56 Å². The Morgan fingerprint density at radius 1 is 0.679 bits per heavy atom. The van der Waals surface area contributed by atoms with Crippen molar-refractivity contribution in [1.29, 1.82) is 0 Å². The highest BCUT2D eigenvalue weighted by atomic mass is 16.5. The summed E-state index contributed by atoms with van der Waals surface area (Å²) in [5.74, 6) is 0.846. The zero-order valence-corrected chi connectivity index (χ0v) is 17.2. The van der Waals surface area contributed by atoms with Gasteiger partial charge in [-0.1, -0.05) is 75.2 Å². The maximum Gasteiger partial charge on any atom is 0.137 e. The van der Waals surface area contributed by atoms with Crippen LogP contribution in [0.2, 0.25) is 0 Å². The molecular weight excluding hydrogens is 342 g/mol. The number of aryl methyl sites for hydroxylation is 3. The molecule has 0 unspecified atom stereocenters. The summed E-state index contributed by atoms with van der Waals surface area (Å²) in [6, 6.07) is 21.9. The van der Waals surface area contributed by atoms with Crippen LogP contribution >= 0.6 is 0 Å². The van der Waals surface area contributed by atoms with Gasteiger partial charge in [-0.05, 0) is 54.5 Å². The van der Waals surface area contributed by atoms with Crippen molar-refractivity contribution in [3.63, 3.8) is 0 Å². The van der Waals surface area contributed by atoms with Crippen LogP contribution in [-0.4, -0.2) is 11.6 Å². The molecule has 1 heterocycles. The van der Waals surface area contributed by atoms with Crippen LogP contribution in [0, 0.1) is 0 Å². The third kappa shape index (κ3) is 5.95. The molecule has 2 nitrogen and oxygen atoms in total. The predicted molar refractivity (Wildman–Crippen MR) is 118 cm³/mol. The Morgan fingerprint density at radius 2 is 1.29 bits per heavy atom. The number of aromatic nitrogens is 1. The van der Waals surface area contributed by atoms with Gasteiger partial charge in [-0.25, -0.2) is 0 Å². The van der Waals surface area contributed by atoms with Crippen LogP contribution in [0.3, 0.4) is 0 Å². The molecule has 0 saturated heterocycles. The van der Waals surface area contributed by atoms with Gasteiger partial charge >= 0.3 is 0 Å². The van der Waals surface area contributed by atoms with Gasteiger partial charge in [-0.3, -0.25) is 4.98 Å². The normalized spacial score (nSPS) is 10.8. The van der Waals surface area contributed by atoms with Gasteiger partial charge in [0.2, 0.25) is 0 Å². The van der Waals surface area contributed by atoms with Gasteiger partial charge in [0.15, 0.2) is 0 Å². The monoisotopic (exact) mass is 373 g/mol. The third-order valence-corrected chi connectivity index (χ3v) is 5.02. The number of rotatable bonds is 10. The average molecular weight is 374 g/mol. The number of nitrogens with zero attached hydrogens (tertiary/aromatic N) is 1. The van der Waals surface area contributed by atoms with Crippen molar-refractivity contribution in [3.8, 4) is 17.0 Å². The van der Waals surface area contributed by atoms with E-state index in [-0.39, 0.29) is 0 Å². The molecule has 2 heteroatoms. The zero-order chi connectivity index (χ0) is 19.6. The molecule has 0 bridgehead atoms. The number of hydrogen-bond donors (Lipinski definition) is 0. The summed E-state index contributed by atoms with van der Waals surface area (Å²) in [6.45, 7) is 5.15. The fourth-order valence-corrected chi connectivity index (χ4v) is 3.26. The summed E-state index contributed by atoms with van der Waals surface area (Å²) in [5.41, 5.74) is 6.34. The smallest absolute Gasteiger partial charge is 0.137 e. The quantitative estimate of drug-likeness (QED) is 0.370. The molecule has 0 aliphatic carbocycles. The van der Waals surface area contributed by atoms with Crippen molar-refractivity contribution in [2.75, 3.05) is 6.61 Å². The second kappa shape index (κ2) is 10.7. The Kier molecular flexibility index (Phi) is 7.66. The number of pyridine rings is 1. The number of unbranched alkanes of at least 4 members (excludes halogenated alkanes) is 1. The van der Waals surface area contributed by atoms with E-state index < -0.39 is 0 Å². The molecule has 0 aliphatic rings. The lowest BCUT2D eigenvalue weighted by molar-refractivity contribution is 0.308. The van der Waals surface area contributed by atoms with Crippen molar-refractivity contribution in [1.82, 2.24) is 4.98 Å². The van der Waals surface area contributed by atoms with Crippen molar-refractivity contribution in [2.45, 2.75) is 52.4 Å². The lowest BCUT2D eigenvalue weighted by Gasteiger charge is -2.07. The zero-order valence-electron chi connectivity index (χ0n) is 17.2. The van der Waals surface area contributed by atoms with Crippen molar-refractivity contribution in [2.24, 2.45) is 0 Å². The van der Waals surface area contributed by atoms with E-state index in [1.54, 1.807) is 0 Å². The van der Waals surface area contributed by atoms with Gasteiger partial charge in [0.05, 0.1) is 18.5 Å². The minimum absolute atomic E-state index is 0.757. The van der Waals surface area contributed by atoms with Crippen LogP contribution in [0.5, 0.6) is 5.75 Å². The van der Waals surface area contributed by atoms with Gasteiger partial charge in [-0.15, -0.1) is 0 Å². The molecule has 2 aromatic carbocycles. The number of hydrogen-bond acceptors (Lipinski definition) is 2. The van der Waals surface area contributed by atoms with E-state index in [0.717, 1.165) is 49.3 Å². The molecule has 0 spiro atoms. The van der Waals surface area contributed by atoms with E-state index in [4.69, 9.17) is 4.74 Å². The molecular formula is C26H31NO. The first-order valence-electron chi connectivity index (χ1n) is 10.5. The Hall–Kier alpha value is -2.61. The standard InChI is InChI=1S/C26H31NO/c1-3-5-19-28-25-17-18-26(27-20-25)24-15-13-23(14-16-24)12-11-22-9-7-21(6-4-2)8-10-22/h7-10,13-18,20H,3-6,11-12,19H2,1-2H3. The number of ether oxygens (including phenoxy) is 1. The molecule has 3 rings (SSSR count). The van der Waals surface area contributed by atoms with E-state index >= 15 is 0 Å². The molecule has 0 amide bonds. The van der Waals surface area contributed by atoms with Crippen molar-refractivity contribution < 1.29 is 4.74 Å². The maximum atomic E-state index is 5.69. The topological polar surface area (TPSA) is 22.1 Å². The van der Waals surface area contributed by atoms with Crippen LogP contribution in [0.15, 0.2) is 66.9 Å². The van der Waals surface area contributed by atoms with Crippen molar-refractivity contribution in [3.05, 3.63) is 83.6 Å². The SMILES string of the molecule is CCCCOc1ccc(-c2ccc(CCc3ccc(CCC)cc3)cc2)nc1. The van der Waals surface area contributed by atoms with Crippen LogP contribution in [-0.2, 0) is 19.3 Å². The predicted octanol–water partition coefficient (Wildman–Crippen LogP) is 6.67. The minimum atomic E-state index is 0.757. The van der Waals surface area contributed by atoms with E-state index in [9.17, 15) is 0 Å². The second-order valence-corrected chi connectivity index (χ2v) is 7.34. The Morgan fingerprint density at radius 3 is 1.82 bits per heavy atom. The molecule has 3 aromatic rings. The van der Waals surface area contributed by atoms with Gasteiger partial charge in [0.1, 0.15) is 5.75 Å². The lowest BCUT2D eigenvalue weighted by Crippen LogP contribution is -1.97. The van der Waals surface area contributed by atoms with Crippen molar-refractivity contribution >= 4 is 0 Å². The van der Waals surface area contributed by atoms with Crippen LogP contribution in [0.4, 0.5) is 0 Å². The highest BCUT2D eigenvalue weighted by molar-refractivity contribution is 5.59. The fourth-order valence-electron chi connectivity index (χ4n) is 3.26. The summed E-state index contributed by atoms with van der Waals surface area (Å²) >= 11 is 0. The molecule has 0 radical (unpaired) electrons. The molecule has 0 fully saturated rings. The lowest BCUT2D eigenvalue weighted by atomic mass is 10.0. The van der Waals surface area contributed by atoms with Gasteiger partial charge in [0.25, 0.3) is 0 Å². The van der Waals surface area contributed by atoms with Crippen LogP contribution in [0.25, 0.3) is 11.3 Å². The average Bonchev–Trinajstić information content (AvgIpc) is 2.75. The maximum absolute atomic E-state index is 5.69. The molecule has 146 valence electrons. The minimum Gasteiger partial charge on any atom is -0.492 e. The highest BCUT2D eigenvalue weighted by Crippen LogP contribution is 2.21. The van der Waals surface area contributed by atoms with Crippen LogP contribution < -0.4 is 4.74 Å². The van der Waals surface area contributed by atoms with E-state index in [2.05, 4.69) is 67.4 Å². The molecule has 0 N–H and O–H groups in total. The second-order valence-electron chi connectivity index (χ2n) is 7.34. The first-order chi connectivity index (χ1) is 13.8. The highest BCUT2D eigenvalue weighted by Gasteiger charge is 2.02. The first kappa shape index (κ1) is 20.1. The summed E-state index contributed by atoms with van der Waals surface area (Å²) in [4.78, 5) is 4.55. The Bertz CT molecular complexity index is 820. The van der Waals surface area contributed by atoms with E-state index in [1.807, 2.05) is 18.3 Å². The Balaban J connectivity index is 1.54. The van der Waals surface area contributed by atoms with Gasteiger partial charge < -0.3 is 4.74 Å². The van der Waals surface area contributed by atoms with E-state index in [0.29, 0.717) is 0 Å². The summed E-state index contributed by atoms with van der Waals surface area (Å²) < 4.78 is 5.69.